The van der Waals surface area contributed by atoms with Crippen molar-refractivity contribution < 1.29 is 4.74 Å². The van der Waals surface area contributed by atoms with Crippen molar-refractivity contribution in [3.05, 3.63) is 23.4 Å². The molecule has 1 saturated heterocycles. The van der Waals surface area contributed by atoms with Crippen molar-refractivity contribution in [2.45, 2.75) is 70.1 Å². The molecule has 2 heteroatoms. The molecule has 21 heavy (non-hydrogen) atoms. The Kier molecular flexibility index (Phi) is 2.80. The van der Waals surface area contributed by atoms with E-state index in [0.29, 0.717) is 24.0 Å². The van der Waals surface area contributed by atoms with Crippen LogP contribution < -0.4 is 5.32 Å². The van der Waals surface area contributed by atoms with Gasteiger partial charge in [0.15, 0.2) is 0 Å². The van der Waals surface area contributed by atoms with Crippen molar-refractivity contribution in [3.8, 4) is 0 Å². The fourth-order valence-electron chi connectivity index (χ4n) is 5.90. The summed E-state index contributed by atoms with van der Waals surface area (Å²) < 4.78 is 6.43. The number of hydrogen-bond donors (Lipinski definition) is 1. The van der Waals surface area contributed by atoms with E-state index < -0.39 is 0 Å². The van der Waals surface area contributed by atoms with E-state index in [0.717, 1.165) is 17.9 Å². The van der Waals surface area contributed by atoms with E-state index in [1.54, 1.807) is 11.3 Å². The summed E-state index contributed by atoms with van der Waals surface area (Å²) in [6, 6.07) is 0.740. The van der Waals surface area contributed by atoms with Crippen LogP contribution in [0.4, 0.5) is 0 Å². The van der Waals surface area contributed by atoms with Crippen LogP contribution in [0.2, 0.25) is 0 Å². The highest BCUT2D eigenvalue weighted by Crippen LogP contribution is 2.52. The number of rotatable bonds is 0. The zero-order chi connectivity index (χ0) is 14.0. The molecular weight excluding hydrogens is 258 g/mol. The van der Waals surface area contributed by atoms with Gasteiger partial charge in [-0.1, -0.05) is 19.1 Å². The Hall–Kier alpha value is -0.760. The second kappa shape index (κ2) is 4.62. The van der Waals surface area contributed by atoms with Crippen LogP contribution in [-0.2, 0) is 4.74 Å². The quantitative estimate of drug-likeness (QED) is 0.684. The van der Waals surface area contributed by atoms with Crippen molar-refractivity contribution in [3.63, 3.8) is 0 Å². The maximum absolute atomic E-state index is 6.43. The Labute approximate surface area is 128 Å². The van der Waals surface area contributed by atoms with Crippen molar-refractivity contribution in [2.24, 2.45) is 23.7 Å². The molecule has 7 atom stereocenters. The lowest BCUT2D eigenvalue weighted by Gasteiger charge is -2.31. The minimum Gasteiger partial charge on any atom is -0.385 e. The molecule has 0 spiro atoms. The molecule has 0 amide bonds. The highest BCUT2D eigenvalue weighted by molar-refractivity contribution is 5.34. The van der Waals surface area contributed by atoms with Gasteiger partial charge in [0.25, 0.3) is 0 Å². The van der Waals surface area contributed by atoms with E-state index in [-0.39, 0.29) is 0 Å². The predicted molar refractivity (Wildman–Crippen MR) is 83.7 cm³/mol. The van der Waals surface area contributed by atoms with E-state index in [1.807, 2.05) is 0 Å². The van der Waals surface area contributed by atoms with Gasteiger partial charge in [-0.05, 0) is 56.4 Å². The molecule has 1 N–H and O–H groups in total. The summed E-state index contributed by atoms with van der Waals surface area (Å²) in [5.74, 6) is 3.05. The molecular formula is C19H27NO. The number of fused-ring (bicyclic) bond motifs is 6. The van der Waals surface area contributed by atoms with Crippen molar-refractivity contribution in [1.29, 1.82) is 0 Å². The Morgan fingerprint density at radius 3 is 3.05 bits per heavy atom. The molecule has 2 fully saturated rings. The number of ether oxygens (including phenoxy) is 1. The van der Waals surface area contributed by atoms with Gasteiger partial charge in [0, 0.05) is 29.5 Å². The summed E-state index contributed by atoms with van der Waals surface area (Å²) in [5.41, 5.74) is 3.44. The summed E-state index contributed by atoms with van der Waals surface area (Å²) in [7, 11) is 0. The van der Waals surface area contributed by atoms with Gasteiger partial charge in [-0.3, -0.25) is 0 Å². The summed E-state index contributed by atoms with van der Waals surface area (Å²) in [6.07, 6.45) is 15.1. The minimum absolute atomic E-state index is 0.492. The SMILES string of the molecule is CC1CCC2C3=C(NC2C1)C1C(CC3)OC2CCC=CC21. The average Bonchev–Trinajstić information content (AvgIpc) is 3.03. The zero-order valence-corrected chi connectivity index (χ0v) is 13.1. The summed E-state index contributed by atoms with van der Waals surface area (Å²) >= 11 is 0. The first-order valence-electron chi connectivity index (χ1n) is 9.13. The third kappa shape index (κ3) is 1.81. The molecule has 114 valence electrons. The van der Waals surface area contributed by atoms with Gasteiger partial charge in [0.05, 0.1) is 12.2 Å². The lowest BCUT2D eigenvalue weighted by Crippen LogP contribution is -2.37. The zero-order valence-electron chi connectivity index (χ0n) is 13.1. The fourth-order valence-corrected chi connectivity index (χ4v) is 5.90. The first-order chi connectivity index (χ1) is 10.3. The van der Waals surface area contributed by atoms with Crippen LogP contribution in [0.3, 0.4) is 0 Å². The molecule has 5 rings (SSSR count). The summed E-state index contributed by atoms with van der Waals surface area (Å²) in [6.45, 7) is 2.43. The van der Waals surface area contributed by atoms with Crippen LogP contribution in [0.25, 0.3) is 0 Å². The van der Waals surface area contributed by atoms with Crippen LogP contribution in [0, 0.1) is 23.7 Å². The van der Waals surface area contributed by atoms with Crippen LogP contribution in [0.15, 0.2) is 23.4 Å². The highest BCUT2D eigenvalue weighted by Gasteiger charge is 2.51. The maximum Gasteiger partial charge on any atom is 0.0671 e. The van der Waals surface area contributed by atoms with Crippen LogP contribution >= 0.6 is 0 Å². The second-order valence-corrected chi connectivity index (χ2v) is 8.07. The predicted octanol–water partition coefficient (Wildman–Crippen LogP) is 3.79. The Morgan fingerprint density at radius 2 is 2.10 bits per heavy atom. The number of nitrogens with one attached hydrogen (secondary N) is 1. The Bertz CT molecular complexity index is 508. The molecule has 7 unspecified atom stereocenters. The van der Waals surface area contributed by atoms with Crippen molar-refractivity contribution in [2.75, 3.05) is 0 Å². The Morgan fingerprint density at radius 1 is 1.14 bits per heavy atom. The minimum atomic E-state index is 0.492. The largest absolute Gasteiger partial charge is 0.385 e. The van der Waals surface area contributed by atoms with Gasteiger partial charge in [-0.15, -0.1) is 0 Å². The Balaban J connectivity index is 1.49. The van der Waals surface area contributed by atoms with E-state index in [9.17, 15) is 0 Å². The average molecular weight is 285 g/mol. The van der Waals surface area contributed by atoms with Gasteiger partial charge >= 0.3 is 0 Å². The summed E-state index contributed by atoms with van der Waals surface area (Å²) in [4.78, 5) is 0. The van der Waals surface area contributed by atoms with E-state index in [2.05, 4.69) is 24.4 Å². The normalized spacial score (nSPS) is 51.0. The molecule has 0 bridgehead atoms. The summed E-state index contributed by atoms with van der Waals surface area (Å²) in [5, 5.41) is 4.00. The van der Waals surface area contributed by atoms with E-state index in [1.165, 1.54) is 44.9 Å². The first-order valence-corrected chi connectivity index (χ1v) is 9.13. The van der Waals surface area contributed by atoms with Crippen molar-refractivity contribution >= 4 is 0 Å². The second-order valence-electron chi connectivity index (χ2n) is 8.07. The molecule has 5 aliphatic rings. The molecule has 1 saturated carbocycles. The molecule has 0 radical (unpaired) electrons. The first kappa shape index (κ1) is 12.8. The number of allylic oxidation sites excluding steroid dienone is 1. The number of hydrogen-bond acceptors (Lipinski definition) is 2. The van der Waals surface area contributed by atoms with Gasteiger partial charge in [0.1, 0.15) is 0 Å². The maximum atomic E-state index is 6.43. The van der Waals surface area contributed by atoms with Crippen LogP contribution in [0.1, 0.15) is 51.9 Å². The highest BCUT2D eigenvalue weighted by atomic mass is 16.5. The third-order valence-electron chi connectivity index (χ3n) is 6.85. The van der Waals surface area contributed by atoms with Crippen LogP contribution in [0.5, 0.6) is 0 Å². The molecule has 0 aromatic carbocycles. The lowest BCUT2D eigenvalue weighted by atomic mass is 9.72. The monoisotopic (exact) mass is 285 g/mol. The lowest BCUT2D eigenvalue weighted by molar-refractivity contribution is 0.0218. The van der Waals surface area contributed by atoms with Crippen molar-refractivity contribution in [1.82, 2.24) is 5.32 Å². The molecule has 3 aliphatic carbocycles. The molecule has 0 aromatic rings. The smallest absolute Gasteiger partial charge is 0.0671 e. The molecule has 2 aliphatic heterocycles. The van der Waals surface area contributed by atoms with Crippen LogP contribution in [-0.4, -0.2) is 18.2 Å². The van der Waals surface area contributed by atoms with Gasteiger partial charge in [-0.2, -0.15) is 0 Å². The molecule has 0 aromatic heterocycles. The van der Waals surface area contributed by atoms with Gasteiger partial charge in [-0.25, -0.2) is 0 Å². The standard InChI is InChI=1S/C19H27NO/c1-11-6-7-12-13-8-9-17-18(19(13)20-15(12)10-11)14-4-2-3-5-16(14)21-17/h2,4,11-12,14-18,20H,3,5-10H2,1H3. The molecule has 2 nitrogen and oxygen atoms in total. The topological polar surface area (TPSA) is 21.3 Å². The fraction of sp³-hybridized carbons (Fsp3) is 0.789. The van der Waals surface area contributed by atoms with Gasteiger partial charge in [0.2, 0.25) is 0 Å². The third-order valence-corrected chi connectivity index (χ3v) is 6.85. The van der Waals surface area contributed by atoms with E-state index >= 15 is 0 Å². The van der Waals surface area contributed by atoms with Gasteiger partial charge < -0.3 is 10.1 Å². The molecule has 2 heterocycles. The van der Waals surface area contributed by atoms with E-state index in [4.69, 9.17) is 4.74 Å².